The molecule has 2 nitrogen and oxygen atoms in total. The fourth-order valence-electron chi connectivity index (χ4n) is 1.80. The Morgan fingerprint density at radius 1 is 1.11 bits per heavy atom. The van der Waals surface area contributed by atoms with Gasteiger partial charge in [0.2, 0.25) is 0 Å². The second kappa shape index (κ2) is 4.03. The molecule has 3 aromatic rings. The first kappa shape index (κ1) is 11.1. The molecule has 2 heterocycles. The van der Waals surface area contributed by atoms with Crippen LogP contribution in [0.1, 0.15) is 0 Å². The van der Waals surface area contributed by atoms with Gasteiger partial charge >= 0.3 is 0 Å². The van der Waals surface area contributed by atoms with Crippen LogP contribution in [0.3, 0.4) is 0 Å². The lowest BCUT2D eigenvalue weighted by Gasteiger charge is -1.98. The van der Waals surface area contributed by atoms with Crippen LogP contribution in [0.5, 0.6) is 0 Å². The van der Waals surface area contributed by atoms with E-state index < -0.39 is 11.6 Å². The Morgan fingerprint density at radius 2 is 1.94 bits per heavy atom. The maximum atomic E-state index is 13.6. The molecule has 5 heteroatoms. The van der Waals surface area contributed by atoms with Crippen LogP contribution in [0, 0.1) is 11.6 Å². The zero-order valence-electron chi connectivity index (χ0n) is 9.04. The largest absolute Gasteiger partial charge is 0.328 e. The summed E-state index contributed by atoms with van der Waals surface area (Å²) >= 11 is 1.19. The van der Waals surface area contributed by atoms with Crippen LogP contribution < -0.4 is 5.56 Å². The van der Waals surface area contributed by atoms with Crippen LogP contribution >= 0.6 is 11.3 Å². The molecule has 1 aromatic carbocycles. The summed E-state index contributed by atoms with van der Waals surface area (Å²) in [6.45, 7) is 0. The van der Waals surface area contributed by atoms with E-state index in [0.717, 1.165) is 11.5 Å². The molecule has 90 valence electrons. The van der Waals surface area contributed by atoms with Gasteiger partial charge in [-0.1, -0.05) is 0 Å². The van der Waals surface area contributed by atoms with E-state index in [0.29, 0.717) is 15.1 Å². The van der Waals surface area contributed by atoms with E-state index in [2.05, 4.69) is 4.98 Å². The molecule has 1 N–H and O–H groups in total. The fraction of sp³-hybridized carbons (Fsp3) is 0. The van der Waals surface area contributed by atoms with Gasteiger partial charge in [0.05, 0.1) is 0 Å². The number of benzene rings is 1. The van der Waals surface area contributed by atoms with E-state index in [1.807, 2.05) is 0 Å². The molecule has 0 radical (unpaired) electrons. The average Bonchev–Trinajstić information content (AvgIpc) is 2.74. The summed E-state index contributed by atoms with van der Waals surface area (Å²) in [7, 11) is 0. The summed E-state index contributed by atoms with van der Waals surface area (Å²) in [5.41, 5.74) is 0.100. The third-order valence-corrected chi connectivity index (χ3v) is 3.82. The van der Waals surface area contributed by atoms with E-state index >= 15 is 0 Å². The van der Waals surface area contributed by atoms with E-state index in [4.69, 9.17) is 0 Å². The SMILES string of the molecule is O=c1[nH]ccc2cc(-c3ccc(F)cc3F)sc12. The normalized spacial score (nSPS) is 11.0. The highest BCUT2D eigenvalue weighted by Gasteiger charge is 2.11. The predicted octanol–water partition coefficient (Wildman–Crippen LogP) is 3.53. The second-order valence-electron chi connectivity index (χ2n) is 3.83. The van der Waals surface area contributed by atoms with Crippen LogP contribution in [0.25, 0.3) is 20.5 Å². The molecule has 2 aromatic heterocycles. The van der Waals surface area contributed by atoms with Crippen molar-refractivity contribution in [2.75, 3.05) is 0 Å². The van der Waals surface area contributed by atoms with Gasteiger partial charge in [0, 0.05) is 28.1 Å². The molecule has 0 aliphatic carbocycles. The van der Waals surface area contributed by atoms with E-state index in [-0.39, 0.29) is 5.56 Å². The van der Waals surface area contributed by atoms with Gasteiger partial charge in [-0.3, -0.25) is 4.79 Å². The van der Waals surface area contributed by atoms with Crippen LogP contribution in [-0.2, 0) is 0 Å². The minimum Gasteiger partial charge on any atom is -0.328 e. The van der Waals surface area contributed by atoms with Crippen molar-refractivity contribution in [3.05, 3.63) is 58.5 Å². The van der Waals surface area contributed by atoms with Gasteiger partial charge in [-0.25, -0.2) is 8.78 Å². The molecule has 0 fully saturated rings. The van der Waals surface area contributed by atoms with E-state index in [1.165, 1.54) is 23.5 Å². The number of hydrogen-bond acceptors (Lipinski definition) is 2. The average molecular weight is 263 g/mol. The highest BCUT2D eigenvalue weighted by molar-refractivity contribution is 7.22. The summed E-state index contributed by atoms with van der Waals surface area (Å²) < 4.78 is 27.0. The molecule has 0 saturated heterocycles. The number of thiophene rings is 1. The number of aromatic amines is 1. The van der Waals surface area contributed by atoms with Crippen molar-refractivity contribution in [1.29, 1.82) is 0 Å². The molecule has 0 amide bonds. The lowest BCUT2D eigenvalue weighted by molar-refractivity contribution is 0.586. The quantitative estimate of drug-likeness (QED) is 0.715. The maximum Gasteiger partial charge on any atom is 0.265 e. The third-order valence-electron chi connectivity index (χ3n) is 2.64. The van der Waals surface area contributed by atoms with Crippen LogP contribution in [0.15, 0.2) is 41.3 Å². The van der Waals surface area contributed by atoms with Gasteiger partial charge in [-0.05, 0) is 24.3 Å². The zero-order chi connectivity index (χ0) is 12.7. The standard InChI is InChI=1S/C13H7F2NOS/c14-8-1-2-9(10(15)6-8)11-5-7-3-4-16-13(17)12(7)18-11/h1-6H,(H,16,17). The first-order chi connectivity index (χ1) is 8.65. The van der Waals surface area contributed by atoms with Crippen LogP contribution in [0.2, 0.25) is 0 Å². The molecule has 18 heavy (non-hydrogen) atoms. The summed E-state index contributed by atoms with van der Waals surface area (Å²) in [4.78, 5) is 14.7. The highest BCUT2D eigenvalue weighted by Crippen LogP contribution is 2.33. The first-order valence-corrected chi connectivity index (χ1v) is 6.03. The van der Waals surface area contributed by atoms with Gasteiger partial charge < -0.3 is 4.98 Å². The van der Waals surface area contributed by atoms with Crippen LogP contribution in [0.4, 0.5) is 8.78 Å². The molecule has 3 rings (SSSR count). The highest BCUT2D eigenvalue weighted by atomic mass is 32.1. The monoisotopic (exact) mass is 263 g/mol. The minimum atomic E-state index is -0.627. The van der Waals surface area contributed by atoms with Gasteiger partial charge in [0.1, 0.15) is 16.3 Å². The molecular weight excluding hydrogens is 256 g/mol. The number of fused-ring (bicyclic) bond motifs is 1. The van der Waals surface area contributed by atoms with Crippen molar-refractivity contribution < 1.29 is 8.78 Å². The summed E-state index contributed by atoms with van der Waals surface area (Å²) in [5, 5.41) is 0.752. The molecule has 0 bridgehead atoms. The van der Waals surface area contributed by atoms with Crippen molar-refractivity contribution >= 4 is 21.4 Å². The molecular formula is C13H7F2NOS. The topological polar surface area (TPSA) is 32.9 Å². The molecule has 0 spiro atoms. The summed E-state index contributed by atoms with van der Waals surface area (Å²) in [6, 6.07) is 6.89. The van der Waals surface area contributed by atoms with Crippen molar-refractivity contribution in [1.82, 2.24) is 4.98 Å². The van der Waals surface area contributed by atoms with Crippen molar-refractivity contribution in [3.63, 3.8) is 0 Å². The lowest BCUT2D eigenvalue weighted by Crippen LogP contribution is -2.01. The number of nitrogens with one attached hydrogen (secondary N) is 1. The third kappa shape index (κ3) is 1.73. The number of halogens is 2. The Balaban J connectivity index is 2.26. The minimum absolute atomic E-state index is 0.203. The fourth-order valence-corrected chi connectivity index (χ4v) is 2.88. The van der Waals surface area contributed by atoms with Gasteiger partial charge in [-0.15, -0.1) is 11.3 Å². The molecule has 0 aliphatic heterocycles. The number of H-pyrrole nitrogens is 1. The molecule has 0 unspecified atom stereocenters. The Labute approximate surface area is 105 Å². The maximum absolute atomic E-state index is 13.6. The van der Waals surface area contributed by atoms with E-state index in [1.54, 1.807) is 18.3 Å². The Hall–Kier alpha value is -2.01. The molecule has 0 atom stereocenters. The molecule has 0 saturated carbocycles. The Morgan fingerprint density at radius 3 is 2.67 bits per heavy atom. The smallest absolute Gasteiger partial charge is 0.265 e. The number of hydrogen-bond donors (Lipinski definition) is 1. The van der Waals surface area contributed by atoms with Crippen molar-refractivity contribution in [3.8, 4) is 10.4 Å². The first-order valence-electron chi connectivity index (χ1n) is 5.22. The Bertz CT molecular complexity index is 791. The van der Waals surface area contributed by atoms with Crippen molar-refractivity contribution in [2.24, 2.45) is 0 Å². The van der Waals surface area contributed by atoms with Gasteiger partial charge in [0.25, 0.3) is 5.56 Å². The zero-order valence-corrected chi connectivity index (χ0v) is 9.85. The lowest BCUT2D eigenvalue weighted by atomic mass is 10.1. The number of rotatable bonds is 1. The van der Waals surface area contributed by atoms with Gasteiger partial charge in [0.15, 0.2) is 0 Å². The second-order valence-corrected chi connectivity index (χ2v) is 4.88. The van der Waals surface area contributed by atoms with Gasteiger partial charge in [-0.2, -0.15) is 0 Å². The van der Waals surface area contributed by atoms with Crippen molar-refractivity contribution in [2.45, 2.75) is 0 Å². The Kier molecular flexibility index (Phi) is 2.48. The number of pyridine rings is 1. The summed E-state index contributed by atoms with van der Waals surface area (Å²) in [6.07, 6.45) is 1.54. The number of aromatic nitrogens is 1. The van der Waals surface area contributed by atoms with E-state index in [9.17, 15) is 13.6 Å². The predicted molar refractivity (Wildman–Crippen MR) is 67.8 cm³/mol. The summed E-state index contributed by atoms with van der Waals surface area (Å²) in [5.74, 6) is -1.24. The molecule has 0 aliphatic rings. The van der Waals surface area contributed by atoms with Crippen LogP contribution in [-0.4, -0.2) is 4.98 Å².